The summed E-state index contributed by atoms with van der Waals surface area (Å²) in [6.07, 6.45) is 4.15. The van der Waals surface area contributed by atoms with Crippen molar-refractivity contribution in [2.24, 2.45) is 0 Å². The highest BCUT2D eigenvalue weighted by Gasteiger charge is 2.53. The molecule has 0 amide bonds. The molecule has 2 rings (SSSR count). The van der Waals surface area contributed by atoms with Crippen molar-refractivity contribution in [1.82, 2.24) is 4.31 Å². The minimum absolute atomic E-state index is 0.0404. The number of hydrogen-bond donors (Lipinski definition) is 1. The number of carboxylic acid groups (broad SMARTS) is 1. The van der Waals surface area contributed by atoms with Crippen molar-refractivity contribution in [1.29, 1.82) is 0 Å². The number of fused-ring (bicyclic) bond motifs is 2. The van der Waals surface area contributed by atoms with Crippen LogP contribution in [0.25, 0.3) is 0 Å². The average Bonchev–Trinajstić information content (AvgIpc) is 2.87. The molecule has 0 aliphatic carbocycles. The van der Waals surface area contributed by atoms with E-state index >= 15 is 0 Å². The largest absolute Gasteiger partial charge is 0.481 e. The quantitative estimate of drug-likeness (QED) is 0.713. The molecular weight excluding hydrogens is 246 g/mol. The molecule has 2 heterocycles. The van der Waals surface area contributed by atoms with Crippen molar-refractivity contribution >= 4 is 16.0 Å². The van der Waals surface area contributed by atoms with Crippen LogP contribution in [-0.2, 0) is 19.6 Å². The SMILES string of the molecule is CN(CCC(=O)O)S(=O)(=O)C12C=CC(CC1)O2. The lowest BCUT2D eigenvalue weighted by Crippen LogP contribution is -2.45. The van der Waals surface area contributed by atoms with Crippen molar-refractivity contribution in [2.75, 3.05) is 13.6 Å². The summed E-state index contributed by atoms with van der Waals surface area (Å²) in [6.45, 7) is -0.0404. The summed E-state index contributed by atoms with van der Waals surface area (Å²) in [5.74, 6) is -1.02. The third-order valence-electron chi connectivity index (χ3n) is 3.18. The Kier molecular flexibility index (Phi) is 3.01. The van der Waals surface area contributed by atoms with Crippen LogP contribution >= 0.6 is 0 Å². The van der Waals surface area contributed by atoms with Crippen LogP contribution in [0.3, 0.4) is 0 Å². The van der Waals surface area contributed by atoms with Gasteiger partial charge in [-0.15, -0.1) is 0 Å². The standard InChI is InChI=1S/C10H15NO5S/c1-11(7-4-9(12)13)17(14,15)10-5-2-8(16-10)3-6-10/h2,5,8H,3-4,6-7H2,1H3,(H,12,13). The van der Waals surface area contributed by atoms with Crippen LogP contribution in [0.4, 0.5) is 0 Å². The summed E-state index contributed by atoms with van der Waals surface area (Å²) in [5, 5.41) is 8.56. The van der Waals surface area contributed by atoms with Crippen LogP contribution in [0, 0.1) is 0 Å². The van der Waals surface area contributed by atoms with Crippen molar-refractivity contribution in [3.05, 3.63) is 12.2 Å². The number of sulfonamides is 1. The average molecular weight is 261 g/mol. The van der Waals surface area contributed by atoms with Crippen LogP contribution in [-0.4, -0.2) is 48.4 Å². The number of nitrogens with zero attached hydrogens (tertiary/aromatic N) is 1. The van der Waals surface area contributed by atoms with E-state index in [1.807, 2.05) is 0 Å². The van der Waals surface area contributed by atoms with Gasteiger partial charge in [-0.2, -0.15) is 0 Å². The van der Waals surface area contributed by atoms with Gasteiger partial charge in [-0.3, -0.25) is 4.79 Å². The molecule has 1 saturated heterocycles. The zero-order chi connectivity index (χ0) is 12.7. The van der Waals surface area contributed by atoms with E-state index in [9.17, 15) is 13.2 Å². The molecule has 0 aromatic heterocycles. The fraction of sp³-hybridized carbons (Fsp3) is 0.700. The van der Waals surface area contributed by atoms with Crippen molar-refractivity contribution < 1.29 is 23.1 Å². The Labute approximate surface area is 99.9 Å². The Balaban J connectivity index is 2.13. The molecule has 2 aliphatic heterocycles. The second kappa shape index (κ2) is 4.08. The highest BCUT2D eigenvalue weighted by molar-refractivity contribution is 7.90. The first kappa shape index (κ1) is 12.5. The molecule has 2 bridgehead atoms. The zero-order valence-electron chi connectivity index (χ0n) is 9.50. The number of ether oxygens (including phenoxy) is 1. The number of rotatable bonds is 5. The van der Waals surface area contributed by atoms with E-state index in [2.05, 4.69) is 0 Å². The molecule has 6 nitrogen and oxygen atoms in total. The van der Waals surface area contributed by atoms with Crippen LogP contribution in [0.1, 0.15) is 19.3 Å². The van der Waals surface area contributed by atoms with Crippen LogP contribution in [0.5, 0.6) is 0 Å². The molecule has 2 aliphatic rings. The van der Waals surface area contributed by atoms with Gasteiger partial charge in [-0.05, 0) is 18.9 Å². The Hall–Kier alpha value is -0.920. The first-order valence-corrected chi connectivity index (χ1v) is 6.86. The van der Waals surface area contributed by atoms with E-state index in [1.54, 1.807) is 12.2 Å². The third kappa shape index (κ3) is 1.98. The molecule has 0 aromatic carbocycles. The molecule has 96 valence electrons. The maximum absolute atomic E-state index is 12.3. The highest BCUT2D eigenvalue weighted by Crippen LogP contribution is 2.43. The predicted octanol–water partition coefficient (Wildman–Crippen LogP) is 0.168. The second-order valence-electron chi connectivity index (χ2n) is 4.34. The van der Waals surface area contributed by atoms with Gasteiger partial charge < -0.3 is 9.84 Å². The van der Waals surface area contributed by atoms with E-state index < -0.39 is 20.9 Å². The maximum Gasteiger partial charge on any atom is 0.304 e. The summed E-state index contributed by atoms with van der Waals surface area (Å²) in [4.78, 5) is 9.18. The van der Waals surface area contributed by atoms with Gasteiger partial charge >= 0.3 is 5.97 Å². The minimum Gasteiger partial charge on any atom is -0.481 e. The number of carboxylic acids is 1. The topological polar surface area (TPSA) is 83.9 Å². The molecule has 0 radical (unpaired) electrons. The van der Waals surface area contributed by atoms with Gasteiger partial charge in [0, 0.05) is 13.6 Å². The van der Waals surface area contributed by atoms with Crippen molar-refractivity contribution in [3.63, 3.8) is 0 Å². The van der Waals surface area contributed by atoms with Crippen molar-refractivity contribution in [2.45, 2.75) is 30.3 Å². The first-order chi connectivity index (χ1) is 7.87. The Morgan fingerprint density at radius 1 is 1.65 bits per heavy atom. The van der Waals surface area contributed by atoms with Gasteiger partial charge in [-0.1, -0.05) is 6.08 Å². The number of hydrogen-bond acceptors (Lipinski definition) is 4. The first-order valence-electron chi connectivity index (χ1n) is 5.42. The van der Waals surface area contributed by atoms with Gasteiger partial charge in [-0.25, -0.2) is 12.7 Å². The Morgan fingerprint density at radius 3 is 2.76 bits per heavy atom. The summed E-state index contributed by atoms with van der Waals surface area (Å²) in [6, 6.07) is 0. The normalized spacial score (nSPS) is 31.3. The van der Waals surface area contributed by atoms with Gasteiger partial charge in [0.15, 0.2) is 0 Å². The maximum atomic E-state index is 12.3. The molecule has 2 unspecified atom stereocenters. The summed E-state index contributed by atoms with van der Waals surface area (Å²) < 4.78 is 31.1. The number of carbonyl (C=O) groups is 1. The number of aliphatic carboxylic acids is 1. The predicted molar refractivity (Wildman–Crippen MR) is 59.8 cm³/mol. The highest BCUT2D eigenvalue weighted by atomic mass is 32.2. The molecule has 1 N–H and O–H groups in total. The fourth-order valence-electron chi connectivity index (χ4n) is 2.14. The summed E-state index contributed by atoms with van der Waals surface area (Å²) in [5.41, 5.74) is 0. The molecule has 0 aromatic rings. The van der Waals surface area contributed by atoms with Crippen LogP contribution in [0.15, 0.2) is 12.2 Å². The minimum atomic E-state index is -3.64. The zero-order valence-corrected chi connectivity index (χ0v) is 10.3. The molecular formula is C10H15NO5S. The van der Waals surface area contributed by atoms with Crippen LogP contribution < -0.4 is 0 Å². The Morgan fingerprint density at radius 2 is 2.35 bits per heavy atom. The second-order valence-corrected chi connectivity index (χ2v) is 6.60. The van der Waals surface area contributed by atoms with E-state index in [0.29, 0.717) is 12.8 Å². The van der Waals surface area contributed by atoms with Crippen molar-refractivity contribution in [3.8, 4) is 0 Å². The van der Waals surface area contributed by atoms with E-state index in [1.165, 1.54) is 7.05 Å². The molecule has 17 heavy (non-hydrogen) atoms. The van der Waals surface area contributed by atoms with Gasteiger partial charge in [0.25, 0.3) is 0 Å². The molecule has 1 fully saturated rings. The van der Waals surface area contributed by atoms with Gasteiger partial charge in [0.05, 0.1) is 12.5 Å². The molecule has 2 atom stereocenters. The summed E-state index contributed by atoms with van der Waals surface area (Å²) in [7, 11) is -2.26. The lowest BCUT2D eigenvalue weighted by Gasteiger charge is -2.28. The monoisotopic (exact) mass is 261 g/mol. The van der Waals surface area contributed by atoms with Gasteiger partial charge in [0.1, 0.15) is 0 Å². The van der Waals surface area contributed by atoms with Crippen LogP contribution in [0.2, 0.25) is 0 Å². The third-order valence-corrected chi connectivity index (χ3v) is 5.49. The summed E-state index contributed by atoms with van der Waals surface area (Å²) >= 11 is 0. The lowest BCUT2D eigenvalue weighted by molar-refractivity contribution is -0.137. The molecule has 0 saturated carbocycles. The lowest BCUT2D eigenvalue weighted by atomic mass is 10.1. The Bertz CT molecular complexity index is 457. The molecule has 0 spiro atoms. The fourth-order valence-corrected chi connectivity index (χ4v) is 3.87. The van der Waals surface area contributed by atoms with Gasteiger partial charge in [0.2, 0.25) is 15.0 Å². The molecule has 7 heteroatoms. The smallest absolute Gasteiger partial charge is 0.304 e. The van der Waals surface area contributed by atoms with E-state index in [-0.39, 0.29) is 19.1 Å². The van der Waals surface area contributed by atoms with E-state index in [4.69, 9.17) is 9.84 Å². The van der Waals surface area contributed by atoms with E-state index in [0.717, 1.165) is 4.31 Å².